The van der Waals surface area contributed by atoms with Gasteiger partial charge in [0.15, 0.2) is 0 Å². The standard InChI is InChI=1S/C27H31O/c1-27(2,3)24-16-14-22(15-17-24)26-19-23(20-10-6-4-7-11-20)18-25(28-26)21-12-8-5-9-13-21/h4-13,18-19,22,24H,14-17H2,1-3H3/q+1. The lowest BCUT2D eigenvalue weighted by molar-refractivity contribution is 0.163. The van der Waals surface area contributed by atoms with E-state index in [1.807, 2.05) is 0 Å². The molecule has 28 heavy (non-hydrogen) atoms. The molecule has 0 amide bonds. The van der Waals surface area contributed by atoms with E-state index in [2.05, 4.69) is 93.6 Å². The van der Waals surface area contributed by atoms with E-state index in [1.165, 1.54) is 36.8 Å². The van der Waals surface area contributed by atoms with E-state index >= 15 is 0 Å². The fourth-order valence-corrected chi connectivity index (χ4v) is 4.51. The molecule has 3 aromatic rings. The summed E-state index contributed by atoms with van der Waals surface area (Å²) in [5.74, 6) is 3.45. The molecule has 0 N–H and O–H groups in total. The molecule has 0 saturated heterocycles. The van der Waals surface area contributed by atoms with Gasteiger partial charge in [0.05, 0.1) is 17.5 Å². The highest BCUT2D eigenvalue weighted by Gasteiger charge is 2.35. The van der Waals surface area contributed by atoms with Crippen molar-refractivity contribution in [2.75, 3.05) is 0 Å². The first-order valence-corrected chi connectivity index (χ1v) is 10.6. The van der Waals surface area contributed by atoms with Crippen molar-refractivity contribution in [1.29, 1.82) is 0 Å². The lowest BCUT2D eigenvalue weighted by atomic mass is 9.69. The molecule has 1 aromatic heterocycles. The van der Waals surface area contributed by atoms with Crippen LogP contribution in [0.1, 0.15) is 58.1 Å². The Kier molecular flexibility index (Phi) is 5.35. The van der Waals surface area contributed by atoms with Crippen LogP contribution in [-0.2, 0) is 0 Å². The van der Waals surface area contributed by atoms with Gasteiger partial charge in [0.1, 0.15) is 0 Å². The number of hydrogen-bond acceptors (Lipinski definition) is 0. The van der Waals surface area contributed by atoms with E-state index in [0.717, 1.165) is 23.0 Å². The lowest BCUT2D eigenvalue weighted by Crippen LogP contribution is -2.25. The maximum absolute atomic E-state index is 6.49. The van der Waals surface area contributed by atoms with Crippen molar-refractivity contribution >= 4 is 0 Å². The summed E-state index contributed by atoms with van der Waals surface area (Å²) in [5, 5.41) is 0. The Hall–Kier alpha value is -2.41. The predicted octanol–water partition coefficient (Wildman–Crippen LogP) is 8.21. The van der Waals surface area contributed by atoms with E-state index in [1.54, 1.807) is 0 Å². The van der Waals surface area contributed by atoms with Crippen molar-refractivity contribution in [3.8, 4) is 22.5 Å². The van der Waals surface area contributed by atoms with Crippen LogP contribution >= 0.6 is 0 Å². The first-order chi connectivity index (χ1) is 13.5. The number of hydrogen-bond donors (Lipinski definition) is 0. The van der Waals surface area contributed by atoms with Gasteiger partial charge < -0.3 is 0 Å². The fourth-order valence-electron chi connectivity index (χ4n) is 4.51. The zero-order valence-corrected chi connectivity index (χ0v) is 17.3. The third-order valence-electron chi connectivity index (χ3n) is 6.33. The second-order valence-corrected chi connectivity index (χ2v) is 9.26. The van der Waals surface area contributed by atoms with Crippen molar-refractivity contribution in [3.05, 3.63) is 78.6 Å². The molecule has 0 radical (unpaired) electrons. The molecule has 0 unspecified atom stereocenters. The Morgan fingerprint density at radius 2 is 1.25 bits per heavy atom. The molecule has 1 nitrogen and oxygen atoms in total. The van der Waals surface area contributed by atoms with Crippen LogP contribution < -0.4 is 0 Å². The number of rotatable bonds is 3. The minimum absolute atomic E-state index is 0.406. The minimum Gasteiger partial charge on any atom is -0.212 e. The van der Waals surface area contributed by atoms with Gasteiger partial charge in [0.2, 0.25) is 0 Å². The maximum atomic E-state index is 6.49. The summed E-state index contributed by atoms with van der Waals surface area (Å²) in [6.45, 7) is 7.14. The van der Waals surface area contributed by atoms with Crippen LogP contribution in [0.25, 0.3) is 22.5 Å². The molecule has 1 aliphatic carbocycles. The van der Waals surface area contributed by atoms with Crippen molar-refractivity contribution < 1.29 is 4.42 Å². The minimum atomic E-state index is 0.406. The van der Waals surface area contributed by atoms with Gasteiger partial charge in [-0.25, -0.2) is 4.42 Å². The Labute approximate surface area is 169 Å². The Morgan fingerprint density at radius 1 is 0.679 bits per heavy atom. The van der Waals surface area contributed by atoms with Gasteiger partial charge >= 0.3 is 11.5 Å². The SMILES string of the molecule is CC(C)(C)C1CCC(c2cc(-c3ccccc3)cc(-c3ccccc3)[o+]2)CC1. The molecule has 1 aliphatic rings. The summed E-state index contributed by atoms with van der Waals surface area (Å²) in [4.78, 5) is 0. The van der Waals surface area contributed by atoms with Crippen LogP contribution in [0.4, 0.5) is 0 Å². The summed E-state index contributed by atoms with van der Waals surface area (Å²) in [7, 11) is 0. The smallest absolute Gasteiger partial charge is 0.212 e. The zero-order chi connectivity index (χ0) is 19.6. The van der Waals surface area contributed by atoms with Crippen molar-refractivity contribution in [1.82, 2.24) is 0 Å². The maximum Gasteiger partial charge on any atom is 0.360 e. The van der Waals surface area contributed by atoms with Crippen molar-refractivity contribution in [2.24, 2.45) is 11.3 Å². The molecule has 0 bridgehead atoms. The second kappa shape index (κ2) is 7.91. The molecule has 1 saturated carbocycles. The topological polar surface area (TPSA) is 11.3 Å². The third kappa shape index (κ3) is 4.19. The highest BCUT2D eigenvalue weighted by molar-refractivity contribution is 5.69. The van der Waals surface area contributed by atoms with E-state index < -0.39 is 0 Å². The molecule has 144 valence electrons. The van der Waals surface area contributed by atoms with Gasteiger partial charge in [-0.3, -0.25) is 0 Å². The van der Waals surface area contributed by atoms with E-state index in [-0.39, 0.29) is 0 Å². The summed E-state index contributed by atoms with van der Waals surface area (Å²) in [6, 6.07) is 25.6. The second-order valence-electron chi connectivity index (χ2n) is 9.26. The van der Waals surface area contributed by atoms with E-state index in [0.29, 0.717) is 11.3 Å². The van der Waals surface area contributed by atoms with Crippen LogP contribution in [-0.4, -0.2) is 0 Å². The molecule has 2 aromatic carbocycles. The van der Waals surface area contributed by atoms with Crippen molar-refractivity contribution in [3.63, 3.8) is 0 Å². The van der Waals surface area contributed by atoms with Gasteiger partial charge in [-0.2, -0.15) is 0 Å². The van der Waals surface area contributed by atoms with Crippen LogP contribution in [0.5, 0.6) is 0 Å². The Morgan fingerprint density at radius 3 is 1.82 bits per heavy atom. The predicted molar refractivity (Wildman–Crippen MR) is 118 cm³/mol. The molecule has 1 heterocycles. The molecular weight excluding hydrogens is 340 g/mol. The first-order valence-electron chi connectivity index (χ1n) is 10.6. The lowest BCUT2D eigenvalue weighted by Gasteiger charge is -2.35. The average Bonchev–Trinajstić information content (AvgIpc) is 2.74. The fraction of sp³-hybridized carbons (Fsp3) is 0.370. The van der Waals surface area contributed by atoms with Crippen LogP contribution in [0.15, 0.2) is 77.2 Å². The normalized spacial score (nSPS) is 20.1. The molecule has 0 atom stereocenters. The summed E-state index contributed by atoms with van der Waals surface area (Å²) in [5.41, 5.74) is 4.05. The van der Waals surface area contributed by atoms with Gasteiger partial charge in [0.25, 0.3) is 0 Å². The molecule has 4 rings (SSSR count). The molecule has 0 spiro atoms. The first kappa shape index (κ1) is 18.9. The highest BCUT2D eigenvalue weighted by Crippen LogP contribution is 2.44. The highest BCUT2D eigenvalue weighted by atomic mass is 16.3. The van der Waals surface area contributed by atoms with E-state index in [9.17, 15) is 0 Å². The number of benzene rings is 2. The Bertz CT molecular complexity index is 840. The molecule has 0 aliphatic heterocycles. The summed E-state index contributed by atoms with van der Waals surface area (Å²) >= 11 is 0. The van der Waals surface area contributed by atoms with Gasteiger partial charge in [-0.1, -0.05) is 69.3 Å². The quantitative estimate of drug-likeness (QED) is 0.422. The molecule has 1 fully saturated rings. The van der Waals surface area contributed by atoms with Crippen LogP contribution in [0.2, 0.25) is 0 Å². The monoisotopic (exact) mass is 371 g/mol. The van der Waals surface area contributed by atoms with Crippen LogP contribution in [0, 0.1) is 11.3 Å². The summed E-state index contributed by atoms with van der Waals surface area (Å²) < 4.78 is 6.49. The average molecular weight is 372 g/mol. The summed E-state index contributed by atoms with van der Waals surface area (Å²) in [6.07, 6.45) is 5.02. The van der Waals surface area contributed by atoms with Gasteiger partial charge in [-0.05, 0) is 54.7 Å². The van der Waals surface area contributed by atoms with E-state index in [4.69, 9.17) is 4.42 Å². The third-order valence-corrected chi connectivity index (χ3v) is 6.33. The Balaban J connectivity index is 1.69. The molecule has 1 heteroatoms. The van der Waals surface area contributed by atoms with Crippen LogP contribution in [0.3, 0.4) is 0 Å². The molecular formula is C27H31O+. The zero-order valence-electron chi connectivity index (χ0n) is 17.3. The van der Waals surface area contributed by atoms with Crippen molar-refractivity contribution in [2.45, 2.75) is 52.4 Å². The largest absolute Gasteiger partial charge is 0.360 e. The van der Waals surface area contributed by atoms with Gasteiger partial charge in [0, 0.05) is 11.6 Å². The van der Waals surface area contributed by atoms with Gasteiger partial charge in [-0.15, -0.1) is 0 Å².